The molecule has 6 nitrogen and oxygen atoms in total. The number of carbonyl (C=O) groups excluding carboxylic acids is 2. The Hall–Kier alpha value is -4.09. The maximum atomic E-state index is 13.6. The van der Waals surface area contributed by atoms with Gasteiger partial charge in [-0.1, -0.05) is 24.3 Å². The third kappa shape index (κ3) is 6.37. The highest BCUT2D eigenvalue weighted by molar-refractivity contribution is 6.01. The summed E-state index contributed by atoms with van der Waals surface area (Å²) >= 11 is 0. The molecule has 1 aliphatic heterocycles. The van der Waals surface area contributed by atoms with Crippen molar-refractivity contribution in [2.75, 3.05) is 38.1 Å². The fourth-order valence-corrected chi connectivity index (χ4v) is 4.60. The van der Waals surface area contributed by atoms with Crippen molar-refractivity contribution in [3.05, 3.63) is 82.5 Å². The predicted octanol–water partition coefficient (Wildman–Crippen LogP) is 5.65. The van der Waals surface area contributed by atoms with Crippen LogP contribution in [-0.2, 0) is 23.7 Å². The molecule has 1 fully saturated rings. The Morgan fingerprint density at radius 1 is 0.925 bits per heavy atom. The minimum atomic E-state index is -4.99. The van der Waals surface area contributed by atoms with E-state index in [4.69, 9.17) is 0 Å². The number of amides is 2. The van der Waals surface area contributed by atoms with Crippen LogP contribution in [0.1, 0.15) is 32.6 Å². The monoisotopic (exact) mass is 564 g/mol. The van der Waals surface area contributed by atoms with Gasteiger partial charge in [0.1, 0.15) is 5.82 Å². The lowest BCUT2D eigenvalue weighted by Gasteiger charge is -2.33. The lowest BCUT2D eigenvalue weighted by Crippen LogP contribution is -2.46. The van der Waals surface area contributed by atoms with E-state index in [0.29, 0.717) is 49.7 Å². The number of anilines is 1. The van der Waals surface area contributed by atoms with E-state index >= 15 is 0 Å². The van der Waals surface area contributed by atoms with E-state index in [1.807, 2.05) is 30.0 Å². The van der Waals surface area contributed by atoms with Gasteiger partial charge in [-0.15, -0.1) is 0 Å². The van der Waals surface area contributed by atoms with E-state index in [9.17, 15) is 35.9 Å². The molecule has 0 radical (unpaired) electrons. The number of piperazine rings is 1. The zero-order chi connectivity index (χ0) is 29.2. The summed E-state index contributed by atoms with van der Waals surface area (Å²) in [5.74, 6) is -0.0373. The number of benzene rings is 2. The van der Waals surface area contributed by atoms with Crippen molar-refractivity contribution in [2.24, 2.45) is 0 Å². The quantitative estimate of drug-likeness (QED) is 0.287. The van der Waals surface area contributed by atoms with Gasteiger partial charge in [0.05, 0.1) is 16.7 Å². The summed E-state index contributed by atoms with van der Waals surface area (Å²) < 4.78 is 80.0. The van der Waals surface area contributed by atoms with Crippen LogP contribution in [0.3, 0.4) is 0 Å². The molecule has 2 aromatic carbocycles. The second-order valence-corrected chi connectivity index (χ2v) is 9.61. The van der Waals surface area contributed by atoms with Crippen molar-refractivity contribution in [1.29, 1.82) is 0 Å². The zero-order valence-corrected chi connectivity index (χ0v) is 21.7. The van der Waals surface area contributed by atoms with Crippen molar-refractivity contribution in [1.82, 2.24) is 14.8 Å². The molecule has 3 aromatic rings. The molecule has 0 bridgehead atoms. The van der Waals surface area contributed by atoms with Crippen LogP contribution in [0.2, 0.25) is 0 Å². The molecule has 1 aliphatic rings. The molecule has 0 aliphatic carbocycles. The van der Waals surface area contributed by atoms with Gasteiger partial charge in [-0.3, -0.25) is 9.59 Å². The molecule has 2 amide bonds. The predicted molar refractivity (Wildman–Crippen MR) is 137 cm³/mol. The van der Waals surface area contributed by atoms with Gasteiger partial charge in [0.15, 0.2) is 0 Å². The molecule has 1 saturated heterocycles. The van der Waals surface area contributed by atoms with E-state index in [1.165, 1.54) is 13.2 Å². The first-order valence-electron chi connectivity index (χ1n) is 12.3. The van der Waals surface area contributed by atoms with E-state index < -0.39 is 35.9 Å². The van der Waals surface area contributed by atoms with Gasteiger partial charge in [-0.2, -0.15) is 26.3 Å². The molecule has 1 aromatic heterocycles. The van der Waals surface area contributed by atoms with E-state index in [-0.39, 0.29) is 17.2 Å². The molecule has 40 heavy (non-hydrogen) atoms. The number of rotatable bonds is 6. The number of halogens is 6. The van der Waals surface area contributed by atoms with Crippen molar-refractivity contribution < 1.29 is 35.9 Å². The van der Waals surface area contributed by atoms with Crippen LogP contribution in [0, 0.1) is 6.92 Å². The van der Waals surface area contributed by atoms with Crippen molar-refractivity contribution in [3.8, 4) is 11.1 Å². The molecule has 12 heteroatoms. The number of pyridine rings is 1. The summed E-state index contributed by atoms with van der Waals surface area (Å²) in [6, 6.07) is 10.3. The summed E-state index contributed by atoms with van der Waals surface area (Å²) in [6.07, 6.45) is -7.83. The Kier molecular flexibility index (Phi) is 8.08. The van der Waals surface area contributed by atoms with Gasteiger partial charge in [0.2, 0.25) is 6.41 Å². The molecular formula is C28H26F6N4O2. The van der Waals surface area contributed by atoms with Crippen LogP contribution >= 0.6 is 0 Å². The smallest absolute Gasteiger partial charge is 0.353 e. The van der Waals surface area contributed by atoms with Gasteiger partial charge in [0.25, 0.3) is 5.91 Å². The Labute approximate surface area is 226 Å². The van der Waals surface area contributed by atoms with Crippen LogP contribution < -0.4 is 4.90 Å². The second-order valence-electron chi connectivity index (χ2n) is 9.61. The minimum Gasteiger partial charge on any atom is -0.353 e. The Bertz CT molecular complexity index is 1370. The van der Waals surface area contributed by atoms with Crippen LogP contribution in [0.25, 0.3) is 11.1 Å². The third-order valence-electron chi connectivity index (χ3n) is 6.76. The van der Waals surface area contributed by atoms with Crippen LogP contribution in [0.5, 0.6) is 0 Å². The molecule has 0 unspecified atom stereocenters. The van der Waals surface area contributed by atoms with Crippen LogP contribution in [-0.4, -0.2) is 60.3 Å². The fourth-order valence-electron chi connectivity index (χ4n) is 4.60. The van der Waals surface area contributed by atoms with Gasteiger partial charge in [-0.05, 0) is 53.4 Å². The first-order valence-corrected chi connectivity index (χ1v) is 12.3. The number of hydrogen-bond acceptors (Lipinski definition) is 4. The lowest BCUT2D eigenvalue weighted by atomic mass is 9.96. The number of aromatic nitrogens is 1. The standard InChI is InChI=1S/C28H26F6N4O2/c1-18-5-3-4-6-22(18)23-14-25(38-9-7-37(17-39)8-10-38)35-15-24(23)26(40)36(2)16-19-11-20(27(29,30)31)13-21(12-19)28(32,33)34/h3-6,11-15,17H,7-10,16H2,1-2H3. The van der Waals surface area contributed by atoms with Crippen molar-refractivity contribution >= 4 is 18.1 Å². The van der Waals surface area contributed by atoms with Gasteiger partial charge >= 0.3 is 12.4 Å². The Balaban J connectivity index is 1.69. The zero-order valence-electron chi connectivity index (χ0n) is 21.7. The largest absolute Gasteiger partial charge is 0.416 e. The maximum absolute atomic E-state index is 13.6. The van der Waals surface area contributed by atoms with Gasteiger partial charge in [-0.25, -0.2) is 4.98 Å². The summed E-state index contributed by atoms with van der Waals surface area (Å²) in [6.45, 7) is 3.44. The normalized spacial score (nSPS) is 14.3. The van der Waals surface area contributed by atoms with Crippen LogP contribution in [0.15, 0.2) is 54.7 Å². The molecule has 2 heterocycles. The van der Waals surface area contributed by atoms with E-state index in [0.717, 1.165) is 22.4 Å². The maximum Gasteiger partial charge on any atom is 0.416 e. The number of aryl methyl sites for hydroxylation is 1. The summed E-state index contributed by atoms with van der Waals surface area (Å²) in [5.41, 5.74) is -0.942. The van der Waals surface area contributed by atoms with Gasteiger partial charge < -0.3 is 14.7 Å². The second kappa shape index (κ2) is 11.2. The van der Waals surface area contributed by atoms with Crippen molar-refractivity contribution in [2.45, 2.75) is 25.8 Å². The molecule has 0 atom stereocenters. The molecule has 4 rings (SSSR count). The summed E-state index contributed by atoms with van der Waals surface area (Å²) in [4.78, 5) is 33.8. The first-order chi connectivity index (χ1) is 18.8. The first kappa shape index (κ1) is 28.9. The average Bonchev–Trinajstić information content (AvgIpc) is 2.91. The highest BCUT2D eigenvalue weighted by Gasteiger charge is 2.37. The lowest BCUT2D eigenvalue weighted by molar-refractivity contribution is -0.143. The average molecular weight is 565 g/mol. The number of carbonyl (C=O) groups is 2. The van der Waals surface area contributed by atoms with Crippen LogP contribution in [0.4, 0.5) is 32.2 Å². The van der Waals surface area contributed by atoms with Gasteiger partial charge in [0, 0.05) is 46.0 Å². The Morgan fingerprint density at radius 2 is 1.52 bits per heavy atom. The summed E-state index contributed by atoms with van der Waals surface area (Å²) in [5, 5.41) is 0. The number of nitrogens with zero attached hydrogens (tertiary/aromatic N) is 4. The minimum absolute atomic E-state index is 0.0547. The number of hydrogen-bond donors (Lipinski definition) is 0. The SMILES string of the molecule is Cc1ccccc1-c1cc(N2CCN(C=O)CC2)ncc1C(=O)N(C)Cc1cc(C(F)(F)F)cc(C(F)(F)F)c1. The summed E-state index contributed by atoms with van der Waals surface area (Å²) in [7, 11) is 1.31. The molecule has 0 saturated carbocycles. The topological polar surface area (TPSA) is 56.8 Å². The highest BCUT2D eigenvalue weighted by Crippen LogP contribution is 2.37. The van der Waals surface area contributed by atoms with Crippen molar-refractivity contribution in [3.63, 3.8) is 0 Å². The molecular weight excluding hydrogens is 538 g/mol. The number of alkyl halides is 6. The van der Waals surface area contributed by atoms with E-state index in [1.54, 1.807) is 17.0 Å². The Morgan fingerprint density at radius 3 is 2.08 bits per heavy atom. The highest BCUT2D eigenvalue weighted by atomic mass is 19.4. The van der Waals surface area contributed by atoms with E-state index in [2.05, 4.69) is 4.98 Å². The molecule has 0 N–H and O–H groups in total. The third-order valence-corrected chi connectivity index (χ3v) is 6.76. The fraction of sp³-hybridized carbons (Fsp3) is 0.321. The molecule has 212 valence electrons. The molecule has 0 spiro atoms.